The lowest BCUT2D eigenvalue weighted by Gasteiger charge is -2.49. The van der Waals surface area contributed by atoms with E-state index in [1.54, 1.807) is 0 Å². The van der Waals surface area contributed by atoms with Gasteiger partial charge in [0.1, 0.15) is 0 Å². The van der Waals surface area contributed by atoms with Crippen LogP contribution in [0.5, 0.6) is 0 Å². The first kappa shape index (κ1) is 13.3. The Morgan fingerprint density at radius 2 is 2.24 bits per heavy atom. The molecule has 17 heavy (non-hydrogen) atoms. The van der Waals surface area contributed by atoms with Crippen LogP contribution in [0.15, 0.2) is 0 Å². The first-order chi connectivity index (χ1) is 8.03. The van der Waals surface area contributed by atoms with E-state index in [4.69, 9.17) is 4.74 Å². The van der Waals surface area contributed by atoms with E-state index in [1.807, 2.05) is 0 Å². The Kier molecular flexibility index (Phi) is 4.11. The van der Waals surface area contributed by atoms with Crippen molar-refractivity contribution in [1.82, 2.24) is 10.2 Å². The maximum atomic E-state index is 5.58. The monoisotopic (exact) mass is 240 g/mol. The quantitative estimate of drug-likeness (QED) is 0.815. The zero-order chi connectivity index (χ0) is 12.5. The van der Waals surface area contributed by atoms with Crippen LogP contribution in [0.3, 0.4) is 0 Å². The summed E-state index contributed by atoms with van der Waals surface area (Å²) in [6.07, 6.45) is 2.47. The highest BCUT2D eigenvalue weighted by molar-refractivity contribution is 4.97. The maximum Gasteiger partial charge on any atom is 0.0622 e. The summed E-state index contributed by atoms with van der Waals surface area (Å²) >= 11 is 0. The van der Waals surface area contributed by atoms with Gasteiger partial charge in [0.05, 0.1) is 6.61 Å². The van der Waals surface area contributed by atoms with Crippen LogP contribution in [-0.4, -0.2) is 48.8 Å². The topological polar surface area (TPSA) is 24.5 Å². The van der Waals surface area contributed by atoms with Gasteiger partial charge >= 0.3 is 0 Å². The SMILES string of the molecule is CCC(C)C1CNC(C)(C)CN1C1CCOC1. The summed E-state index contributed by atoms with van der Waals surface area (Å²) in [7, 11) is 0. The molecule has 0 amide bonds. The largest absolute Gasteiger partial charge is 0.380 e. The number of rotatable bonds is 3. The molecule has 3 heteroatoms. The number of piperazine rings is 1. The third-order valence-corrected chi connectivity index (χ3v) is 4.47. The fourth-order valence-electron chi connectivity index (χ4n) is 3.11. The van der Waals surface area contributed by atoms with Crippen molar-refractivity contribution < 1.29 is 4.74 Å². The summed E-state index contributed by atoms with van der Waals surface area (Å²) < 4.78 is 5.58. The van der Waals surface area contributed by atoms with E-state index in [0.29, 0.717) is 12.1 Å². The molecular formula is C14H28N2O. The number of hydrogen-bond donors (Lipinski definition) is 1. The van der Waals surface area contributed by atoms with E-state index in [9.17, 15) is 0 Å². The highest BCUT2D eigenvalue weighted by Gasteiger charge is 2.39. The summed E-state index contributed by atoms with van der Waals surface area (Å²) in [5.41, 5.74) is 0.243. The molecule has 0 radical (unpaired) electrons. The fraction of sp³-hybridized carbons (Fsp3) is 1.00. The molecule has 2 heterocycles. The van der Waals surface area contributed by atoms with Crippen LogP contribution in [0.1, 0.15) is 40.5 Å². The summed E-state index contributed by atoms with van der Waals surface area (Å²) in [4.78, 5) is 2.72. The van der Waals surface area contributed by atoms with Gasteiger partial charge in [-0.05, 0) is 26.2 Å². The molecule has 0 aromatic carbocycles. The van der Waals surface area contributed by atoms with Crippen molar-refractivity contribution in [2.75, 3.05) is 26.3 Å². The normalized spacial score (nSPS) is 36.0. The molecule has 2 aliphatic rings. The van der Waals surface area contributed by atoms with E-state index >= 15 is 0 Å². The molecule has 100 valence electrons. The van der Waals surface area contributed by atoms with Crippen molar-refractivity contribution in [2.45, 2.75) is 58.2 Å². The molecule has 0 saturated carbocycles. The Hall–Kier alpha value is -0.120. The zero-order valence-electron chi connectivity index (χ0n) is 11.8. The summed E-state index contributed by atoms with van der Waals surface area (Å²) in [6, 6.07) is 1.33. The van der Waals surface area contributed by atoms with E-state index in [-0.39, 0.29) is 5.54 Å². The van der Waals surface area contributed by atoms with Gasteiger partial charge in [0.2, 0.25) is 0 Å². The van der Waals surface area contributed by atoms with E-state index in [1.165, 1.54) is 12.8 Å². The van der Waals surface area contributed by atoms with Gasteiger partial charge in [0, 0.05) is 37.3 Å². The van der Waals surface area contributed by atoms with Crippen LogP contribution >= 0.6 is 0 Å². The third-order valence-electron chi connectivity index (χ3n) is 4.47. The van der Waals surface area contributed by atoms with Gasteiger partial charge in [-0.25, -0.2) is 0 Å². The average molecular weight is 240 g/mol. The molecule has 0 bridgehead atoms. The van der Waals surface area contributed by atoms with Crippen molar-refractivity contribution >= 4 is 0 Å². The second-order valence-electron chi connectivity index (χ2n) is 6.41. The molecule has 0 aromatic rings. The van der Waals surface area contributed by atoms with Crippen molar-refractivity contribution in [3.05, 3.63) is 0 Å². The summed E-state index contributed by atoms with van der Waals surface area (Å²) in [5.74, 6) is 0.763. The van der Waals surface area contributed by atoms with Gasteiger partial charge in [-0.1, -0.05) is 20.3 Å². The van der Waals surface area contributed by atoms with Crippen LogP contribution in [0.2, 0.25) is 0 Å². The number of nitrogens with one attached hydrogen (secondary N) is 1. The van der Waals surface area contributed by atoms with Crippen molar-refractivity contribution in [3.63, 3.8) is 0 Å². The lowest BCUT2D eigenvalue weighted by Crippen LogP contribution is -2.65. The predicted molar refractivity (Wildman–Crippen MR) is 71.3 cm³/mol. The Bertz CT molecular complexity index is 249. The second kappa shape index (κ2) is 5.25. The first-order valence-corrected chi connectivity index (χ1v) is 7.12. The van der Waals surface area contributed by atoms with Gasteiger partial charge in [0.15, 0.2) is 0 Å². The smallest absolute Gasteiger partial charge is 0.0622 e. The minimum atomic E-state index is 0.243. The Balaban J connectivity index is 2.08. The molecule has 3 unspecified atom stereocenters. The van der Waals surface area contributed by atoms with E-state index < -0.39 is 0 Å². The molecule has 2 aliphatic heterocycles. The van der Waals surface area contributed by atoms with Gasteiger partial charge in [-0.2, -0.15) is 0 Å². The molecule has 0 aliphatic carbocycles. The summed E-state index contributed by atoms with van der Waals surface area (Å²) in [5, 5.41) is 3.69. The lowest BCUT2D eigenvalue weighted by atomic mass is 9.89. The maximum absolute atomic E-state index is 5.58. The second-order valence-corrected chi connectivity index (χ2v) is 6.41. The average Bonchev–Trinajstić information content (AvgIpc) is 2.80. The first-order valence-electron chi connectivity index (χ1n) is 7.12. The van der Waals surface area contributed by atoms with Crippen molar-refractivity contribution in [3.8, 4) is 0 Å². The van der Waals surface area contributed by atoms with Crippen LogP contribution in [0.25, 0.3) is 0 Å². The Labute approximate surface area is 106 Å². The van der Waals surface area contributed by atoms with Gasteiger partial charge in [-0.3, -0.25) is 4.90 Å². The van der Waals surface area contributed by atoms with E-state index in [0.717, 1.165) is 32.2 Å². The number of nitrogens with zero attached hydrogens (tertiary/aromatic N) is 1. The predicted octanol–water partition coefficient (Wildman–Crippen LogP) is 1.87. The minimum absolute atomic E-state index is 0.243. The molecule has 3 nitrogen and oxygen atoms in total. The highest BCUT2D eigenvalue weighted by Crippen LogP contribution is 2.27. The van der Waals surface area contributed by atoms with Gasteiger partial charge in [-0.15, -0.1) is 0 Å². The van der Waals surface area contributed by atoms with Crippen LogP contribution in [-0.2, 0) is 4.74 Å². The molecule has 1 N–H and O–H groups in total. The summed E-state index contributed by atoms with van der Waals surface area (Å²) in [6.45, 7) is 13.5. The number of hydrogen-bond acceptors (Lipinski definition) is 3. The molecule has 2 rings (SSSR count). The van der Waals surface area contributed by atoms with Crippen LogP contribution < -0.4 is 5.32 Å². The number of ether oxygens (including phenoxy) is 1. The molecule has 0 spiro atoms. The van der Waals surface area contributed by atoms with Crippen molar-refractivity contribution in [1.29, 1.82) is 0 Å². The molecule has 2 saturated heterocycles. The lowest BCUT2D eigenvalue weighted by molar-refractivity contribution is 0.0224. The fourth-order valence-corrected chi connectivity index (χ4v) is 3.11. The minimum Gasteiger partial charge on any atom is -0.380 e. The Morgan fingerprint density at radius 3 is 2.82 bits per heavy atom. The zero-order valence-corrected chi connectivity index (χ0v) is 11.8. The van der Waals surface area contributed by atoms with Gasteiger partial charge in [0.25, 0.3) is 0 Å². The molecule has 0 aromatic heterocycles. The molecule has 3 atom stereocenters. The van der Waals surface area contributed by atoms with Crippen LogP contribution in [0, 0.1) is 5.92 Å². The standard InChI is InChI=1S/C14H28N2O/c1-5-11(2)13-8-15-14(3,4)10-16(13)12-6-7-17-9-12/h11-13,15H,5-10H2,1-4H3. The highest BCUT2D eigenvalue weighted by atomic mass is 16.5. The molecular weight excluding hydrogens is 212 g/mol. The Morgan fingerprint density at radius 1 is 1.47 bits per heavy atom. The van der Waals surface area contributed by atoms with Crippen LogP contribution in [0.4, 0.5) is 0 Å². The van der Waals surface area contributed by atoms with Crippen molar-refractivity contribution in [2.24, 2.45) is 5.92 Å². The molecule has 2 fully saturated rings. The van der Waals surface area contributed by atoms with Gasteiger partial charge < -0.3 is 10.1 Å². The van der Waals surface area contributed by atoms with E-state index in [2.05, 4.69) is 37.9 Å². The third kappa shape index (κ3) is 3.01.